The molecule has 3 heteroatoms. The van der Waals surface area contributed by atoms with Gasteiger partial charge in [-0.05, 0) is 43.9 Å². The van der Waals surface area contributed by atoms with E-state index >= 15 is 0 Å². The number of nitrogens with one attached hydrogen (secondary N) is 1. The average Bonchev–Trinajstić information content (AvgIpc) is 2.72. The van der Waals surface area contributed by atoms with Crippen LogP contribution in [0.1, 0.15) is 43.9 Å². The molecule has 0 aromatic carbocycles. The number of nitrogens with zero attached hydrogens (tertiary/aromatic N) is 1. The molecule has 1 heterocycles. The van der Waals surface area contributed by atoms with Gasteiger partial charge >= 0.3 is 0 Å². The van der Waals surface area contributed by atoms with Gasteiger partial charge in [0.1, 0.15) is 0 Å². The highest BCUT2D eigenvalue weighted by molar-refractivity contribution is 5.30. The fourth-order valence-electron chi connectivity index (χ4n) is 2.68. The van der Waals surface area contributed by atoms with Crippen LogP contribution in [0.3, 0.4) is 0 Å². The molecule has 3 nitrogen and oxygen atoms in total. The molecule has 1 aromatic rings. The zero-order valence-electron chi connectivity index (χ0n) is 11.2. The molecule has 0 spiro atoms. The van der Waals surface area contributed by atoms with E-state index < -0.39 is 0 Å². The average molecular weight is 236 g/mol. The Hall–Kier alpha value is -0.800. The number of fused-ring (bicyclic) bond motifs is 1. The molecule has 0 amide bonds. The van der Waals surface area contributed by atoms with Crippen LogP contribution in [0.4, 0.5) is 0 Å². The molecule has 0 aliphatic heterocycles. The van der Waals surface area contributed by atoms with Crippen molar-refractivity contribution in [2.24, 2.45) is 0 Å². The zero-order chi connectivity index (χ0) is 12.3. The second-order valence-electron chi connectivity index (χ2n) is 4.98. The number of methoxy groups -OCH3 is 1. The summed E-state index contributed by atoms with van der Waals surface area (Å²) in [4.78, 5) is 0. The summed E-state index contributed by atoms with van der Waals surface area (Å²) in [6, 6.07) is 0.558. The van der Waals surface area contributed by atoms with Crippen LogP contribution in [-0.4, -0.2) is 24.3 Å². The lowest BCUT2D eigenvalue weighted by Crippen LogP contribution is -2.23. The van der Waals surface area contributed by atoms with Crippen LogP contribution < -0.4 is 5.32 Å². The van der Waals surface area contributed by atoms with Crippen molar-refractivity contribution in [2.45, 2.75) is 51.8 Å². The molecule has 17 heavy (non-hydrogen) atoms. The van der Waals surface area contributed by atoms with Gasteiger partial charge in [-0.15, -0.1) is 0 Å². The second-order valence-corrected chi connectivity index (χ2v) is 4.98. The van der Waals surface area contributed by atoms with Crippen molar-refractivity contribution in [2.75, 3.05) is 13.7 Å². The van der Waals surface area contributed by atoms with E-state index in [1.54, 1.807) is 7.11 Å². The van der Waals surface area contributed by atoms with Gasteiger partial charge in [0.25, 0.3) is 0 Å². The monoisotopic (exact) mass is 236 g/mol. The van der Waals surface area contributed by atoms with Crippen molar-refractivity contribution >= 4 is 0 Å². The molecule has 96 valence electrons. The molecule has 1 aliphatic carbocycles. The van der Waals surface area contributed by atoms with Crippen LogP contribution in [0.2, 0.25) is 0 Å². The van der Waals surface area contributed by atoms with E-state index in [9.17, 15) is 0 Å². The number of aromatic nitrogens is 1. The molecule has 2 atom stereocenters. The van der Waals surface area contributed by atoms with E-state index in [-0.39, 0.29) is 6.10 Å². The minimum absolute atomic E-state index is 0.279. The van der Waals surface area contributed by atoms with Gasteiger partial charge in [0.15, 0.2) is 0 Å². The fourth-order valence-corrected chi connectivity index (χ4v) is 2.68. The lowest BCUT2D eigenvalue weighted by atomic mass is 9.91. The Morgan fingerprint density at radius 2 is 2.35 bits per heavy atom. The van der Waals surface area contributed by atoms with Gasteiger partial charge < -0.3 is 14.6 Å². The third-order valence-corrected chi connectivity index (χ3v) is 3.63. The molecule has 0 saturated carbocycles. The van der Waals surface area contributed by atoms with Gasteiger partial charge in [0, 0.05) is 32.1 Å². The maximum Gasteiger partial charge on any atom is 0.0721 e. The molecule has 1 aliphatic rings. The van der Waals surface area contributed by atoms with Gasteiger partial charge in [-0.1, -0.05) is 6.92 Å². The summed E-state index contributed by atoms with van der Waals surface area (Å²) in [6.45, 7) is 6.28. The van der Waals surface area contributed by atoms with Crippen molar-refractivity contribution < 1.29 is 4.74 Å². The van der Waals surface area contributed by atoms with Gasteiger partial charge in [-0.2, -0.15) is 0 Å². The first-order chi connectivity index (χ1) is 8.24. The van der Waals surface area contributed by atoms with Crippen LogP contribution in [0.25, 0.3) is 0 Å². The second kappa shape index (κ2) is 5.69. The summed E-state index contributed by atoms with van der Waals surface area (Å²) in [5, 5.41) is 3.58. The van der Waals surface area contributed by atoms with Crippen molar-refractivity contribution in [1.82, 2.24) is 9.88 Å². The molecule has 1 aromatic heterocycles. The first-order valence-corrected chi connectivity index (χ1v) is 6.69. The minimum Gasteiger partial charge on any atom is -0.380 e. The lowest BCUT2D eigenvalue weighted by Gasteiger charge is -2.22. The molecular weight excluding hydrogens is 212 g/mol. The van der Waals surface area contributed by atoms with Crippen molar-refractivity contribution in [3.8, 4) is 0 Å². The van der Waals surface area contributed by atoms with Gasteiger partial charge in [0.2, 0.25) is 0 Å². The molecule has 0 saturated heterocycles. The Bertz CT molecular complexity index is 359. The lowest BCUT2D eigenvalue weighted by molar-refractivity contribution is 0.103. The number of aryl methyl sites for hydroxylation is 1. The van der Waals surface area contributed by atoms with Crippen LogP contribution in [0, 0.1) is 0 Å². The first-order valence-electron chi connectivity index (χ1n) is 6.69. The predicted molar refractivity (Wildman–Crippen MR) is 70.3 cm³/mol. The Labute approximate surface area is 104 Å². The van der Waals surface area contributed by atoms with Crippen LogP contribution in [0.15, 0.2) is 12.4 Å². The summed E-state index contributed by atoms with van der Waals surface area (Å²) in [6.07, 6.45) is 8.68. The van der Waals surface area contributed by atoms with Gasteiger partial charge in [-0.3, -0.25) is 0 Å². The summed E-state index contributed by atoms with van der Waals surface area (Å²) < 4.78 is 7.61. The molecule has 2 rings (SSSR count). The molecule has 1 N–H and O–H groups in total. The summed E-state index contributed by atoms with van der Waals surface area (Å²) in [5.74, 6) is 0. The Balaban J connectivity index is 2.12. The largest absolute Gasteiger partial charge is 0.380 e. The summed E-state index contributed by atoms with van der Waals surface area (Å²) in [7, 11) is 1.77. The summed E-state index contributed by atoms with van der Waals surface area (Å²) in [5.41, 5.74) is 3.02. The molecule has 0 radical (unpaired) electrons. The van der Waals surface area contributed by atoms with Crippen molar-refractivity contribution in [3.63, 3.8) is 0 Å². The highest BCUT2D eigenvalue weighted by Crippen LogP contribution is 2.30. The van der Waals surface area contributed by atoms with Crippen LogP contribution in [0.5, 0.6) is 0 Å². The predicted octanol–water partition coefficient (Wildman–Crippen LogP) is 2.51. The van der Waals surface area contributed by atoms with E-state index in [0.29, 0.717) is 6.04 Å². The van der Waals surface area contributed by atoms with Gasteiger partial charge in [-0.25, -0.2) is 0 Å². The van der Waals surface area contributed by atoms with E-state index in [2.05, 4.69) is 36.1 Å². The Morgan fingerprint density at radius 1 is 1.53 bits per heavy atom. The highest BCUT2D eigenvalue weighted by atomic mass is 16.5. The van der Waals surface area contributed by atoms with E-state index in [1.165, 1.54) is 30.4 Å². The normalized spacial score (nSPS) is 21.2. The SMILES string of the molecule is CCNC1CCCc2cn(CC(C)OC)cc21. The summed E-state index contributed by atoms with van der Waals surface area (Å²) >= 11 is 0. The van der Waals surface area contributed by atoms with E-state index in [4.69, 9.17) is 4.74 Å². The molecule has 0 bridgehead atoms. The number of ether oxygens (including phenoxy) is 1. The Morgan fingerprint density at radius 3 is 3.06 bits per heavy atom. The molecular formula is C14H24N2O. The number of hydrogen-bond donors (Lipinski definition) is 1. The minimum atomic E-state index is 0.279. The third-order valence-electron chi connectivity index (χ3n) is 3.63. The van der Waals surface area contributed by atoms with Crippen molar-refractivity contribution in [3.05, 3.63) is 23.5 Å². The topological polar surface area (TPSA) is 26.2 Å². The first kappa shape index (κ1) is 12.7. The quantitative estimate of drug-likeness (QED) is 0.850. The third kappa shape index (κ3) is 2.90. The van der Waals surface area contributed by atoms with E-state index in [0.717, 1.165) is 13.1 Å². The molecule has 2 unspecified atom stereocenters. The van der Waals surface area contributed by atoms with Crippen molar-refractivity contribution in [1.29, 1.82) is 0 Å². The van der Waals surface area contributed by atoms with Crippen LogP contribution >= 0.6 is 0 Å². The van der Waals surface area contributed by atoms with Gasteiger partial charge in [0.05, 0.1) is 6.10 Å². The number of hydrogen-bond acceptors (Lipinski definition) is 2. The highest BCUT2D eigenvalue weighted by Gasteiger charge is 2.21. The zero-order valence-corrected chi connectivity index (χ0v) is 11.2. The van der Waals surface area contributed by atoms with Crippen LogP contribution in [-0.2, 0) is 17.7 Å². The Kier molecular flexibility index (Phi) is 4.24. The maximum absolute atomic E-state index is 5.32. The molecule has 0 fully saturated rings. The standard InChI is InChI=1S/C14H24N2O/c1-4-15-14-7-5-6-12-9-16(10-13(12)14)8-11(2)17-3/h9-11,14-15H,4-8H2,1-3H3. The number of rotatable bonds is 5. The maximum atomic E-state index is 5.32. The van der Waals surface area contributed by atoms with E-state index in [1.807, 2.05) is 0 Å². The smallest absolute Gasteiger partial charge is 0.0721 e. The fraction of sp³-hybridized carbons (Fsp3) is 0.714.